The van der Waals surface area contributed by atoms with Crippen LogP contribution in [0.15, 0.2) is 0 Å². The largest absolute Gasteiger partial charge is 0.302 e. The van der Waals surface area contributed by atoms with Gasteiger partial charge in [0.15, 0.2) is 0 Å². The zero-order chi connectivity index (χ0) is 13.1. The standard InChI is InChI=1S/C12H26N4O/c1-9(2)6-11(13-3)7-10(17)8-12(14-4,15-5)16-11/h9,13-16H,6-8H2,1-5H3. The summed E-state index contributed by atoms with van der Waals surface area (Å²) < 4.78 is 0. The van der Waals surface area contributed by atoms with E-state index in [-0.39, 0.29) is 11.4 Å². The molecule has 0 saturated carbocycles. The summed E-state index contributed by atoms with van der Waals surface area (Å²) in [5.41, 5.74) is -0.324. The first kappa shape index (κ1) is 14.6. The number of carbonyl (C=O) groups is 1. The summed E-state index contributed by atoms with van der Waals surface area (Å²) in [6, 6.07) is 0. The van der Waals surface area contributed by atoms with Crippen molar-refractivity contribution in [3.05, 3.63) is 0 Å². The molecule has 1 unspecified atom stereocenters. The Kier molecular flexibility index (Phi) is 4.66. The first-order valence-corrected chi connectivity index (χ1v) is 6.28. The van der Waals surface area contributed by atoms with E-state index in [1.807, 2.05) is 21.1 Å². The molecule has 0 spiro atoms. The van der Waals surface area contributed by atoms with Crippen LogP contribution in [0.1, 0.15) is 33.1 Å². The molecule has 0 aromatic rings. The van der Waals surface area contributed by atoms with E-state index < -0.39 is 5.79 Å². The summed E-state index contributed by atoms with van der Waals surface area (Å²) in [7, 11) is 5.62. The fourth-order valence-corrected chi connectivity index (χ4v) is 2.69. The first-order valence-electron chi connectivity index (χ1n) is 6.28. The van der Waals surface area contributed by atoms with Crippen LogP contribution in [0.5, 0.6) is 0 Å². The van der Waals surface area contributed by atoms with Crippen molar-refractivity contribution in [1.82, 2.24) is 21.3 Å². The Hall–Kier alpha value is -0.490. The van der Waals surface area contributed by atoms with E-state index in [0.717, 1.165) is 6.42 Å². The fourth-order valence-electron chi connectivity index (χ4n) is 2.69. The van der Waals surface area contributed by atoms with E-state index in [4.69, 9.17) is 0 Å². The molecular formula is C12H26N4O. The van der Waals surface area contributed by atoms with Gasteiger partial charge in [0.05, 0.1) is 12.1 Å². The number of rotatable bonds is 5. The van der Waals surface area contributed by atoms with E-state index in [2.05, 4.69) is 35.1 Å². The minimum atomic E-state index is -0.507. The van der Waals surface area contributed by atoms with Crippen LogP contribution < -0.4 is 21.3 Å². The van der Waals surface area contributed by atoms with E-state index in [9.17, 15) is 4.79 Å². The highest BCUT2D eigenvalue weighted by Crippen LogP contribution is 2.26. The molecular weight excluding hydrogens is 216 g/mol. The summed E-state index contributed by atoms with van der Waals surface area (Å²) in [5, 5.41) is 13.2. The molecule has 1 heterocycles. The van der Waals surface area contributed by atoms with Crippen molar-refractivity contribution < 1.29 is 4.79 Å². The highest BCUT2D eigenvalue weighted by Gasteiger charge is 2.45. The second kappa shape index (κ2) is 5.44. The van der Waals surface area contributed by atoms with Crippen LogP contribution in [0.4, 0.5) is 0 Å². The van der Waals surface area contributed by atoms with Crippen molar-refractivity contribution in [2.45, 2.75) is 44.6 Å². The lowest BCUT2D eigenvalue weighted by Gasteiger charge is -2.49. The van der Waals surface area contributed by atoms with Crippen LogP contribution in [0.2, 0.25) is 0 Å². The molecule has 0 bridgehead atoms. The molecule has 1 saturated heterocycles. The Morgan fingerprint density at radius 2 is 1.76 bits per heavy atom. The maximum atomic E-state index is 12.0. The van der Waals surface area contributed by atoms with Gasteiger partial charge in [-0.1, -0.05) is 13.8 Å². The van der Waals surface area contributed by atoms with E-state index in [0.29, 0.717) is 18.8 Å². The molecule has 1 fully saturated rings. The molecule has 17 heavy (non-hydrogen) atoms. The van der Waals surface area contributed by atoms with Crippen LogP contribution in [-0.4, -0.2) is 38.4 Å². The van der Waals surface area contributed by atoms with Crippen molar-refractivity contribution in [2.24, 2.45) is 5.92 Å². The van der Waals surface area contributed by atoms with Crippen molar-refractivity contribution in [3.63, 3.8) is 0 Å². The lowest BCUT2D eigenvalue weighted by molar-refractivity contribution is -0.128. The average Bonchev–Trinajstić information content (AvgIpc) is 2.27. The SMILES string of the molecule is CNC1(CC(C)C)CC(=O)CC(NC)(NC)N1. The Balaban J connectivity index is 2.94. The summed E-state index contributed by atoms with van der Waals surface area (Å²) in [6.07, 6.45) is 1.91. The van der Waals surface area contributed by atoms with Crippen molar-refractivity contribution >= 4 is 5.78 Å². The second-order valence-electron chi connectivity index (χ2n) is 5.35. The Bertz CT molecular complexity index is 276. The monoisotopic (exact) mass is 242 g/mol. The summed E-state index contributed by atoms with van der Waals surface area (Å²) >= 11 is 0. The third-order valence-corrected chi connectivity index (χ3v) is 3.50. The number of nitrogens with one attached hydrogen (secondary N) is 4. The van der Waals surface area contributed by atoms with Crippen LogP contribution in [0, 0.1) is 5.92 Å². The third kappa shape index (κ3) is 3.25. The van der Waals surface area contributed by atoms with Gasteiger partial charge in [-0.25, -0.2) is 0 Å². The Morgan fingerprint density at radius 3 is 2.18 bits per heavy atom. The van der Waals surface area contributed by atoms with Gasteiger partial charge >= 0.3 is 0 Å². The topological polar surface area (TPSA) is 65.2 Å². The number of carbonyl (C=O) groups excluding carboxylic acids is 1. The molecule has 4 N–H and O–H groups in total. The van der Waals surface area contributed by atoms with Crippen molar-refractivity contribution in [2.75, 3.05) is 21.1 Å². The molecule has 0 aliphatic carbocycles. The van der Waals surface area contributed by atoms with Gasteiger partial charge in [-0.2, -0.15) is 0 Å². The maximum Gasteiger partial charge on any atom is 0.140 e. The predicted octanol–water partition coefficient (Wildman–Crippen LogP) is -0.00670. The second-order valence-corrected chi connectivity index (χ2v) is 5.35. The number of hydrogen-bond acceptors (Lipinski definition) is 5. The van der Waals surface area contributed by atoms with Crippen LogP contribution >= 0.6 is 0 Å². The lowest BCUT2D eigenvalue weighted by Crippen LogP contribution is -2.77. The van der Waals surface area contributed by atoms with Gasteiger partial charge in [0, 0.05) is 6.42 Å². The molecule has 1 aliphatic rings. The van der Waals surface area contributed by atoms with Gasteiger partial charge in [-0.3, -0.25) is 20.7 Å². The normalized spacial score (nSPS) is 28.7. The molecule has 0 amide bonds. The van der Waals surface area contributed by atoms with Gasteiger partial charge in [-0.05, 0) is 33.5 Å². The predicted molar refractivity (Wildman–Crippen MR) is 69.5 cm³/mol. The van der Waals surface area contributed by atoms with Gasteiger partial charge in [0.2, 0.25) is 0 Å². The van der Waals surface area contributed by atoms with Crippen LogP contribution in [0.25, 0.3) is 0 Å². The highest BCUT2D eigenvalue weighted by atomic mass is 16.1. The maximum absolute atomic E-state index is 12.0. The Labute approximate surface area is 104 Å². The van der Waals surface area contributed by atoms with Crippen molar-refractivity contribution in [3.8, 4) is 0 Å². The number of ketones is 1. The first-order chi connectivity index (χ1) is 7.91. The van der Waals surface area contributed by atoms with Gasteiger partial charge < -0.3 is 5.32 Å². The minimum Gasteiger partial charge on any atom is -0.302 e. The summed E-state index contributed by atoms with van der Waals surface area (Å²) in [4.78, 5) is 12.0. The Morgan fingerprint density at radius 1 is 1.18 bits per heavy atom. The van der Waals surface area contributed by atoms with Crippen LogP contribution in [0.3, 0.4) is 0 Å². The molecule has 0 aromatic heterocycles. The van der Waals surface area contributed by atoms with Gasteiger partial charge in [-0.15, -0.1) is 0 Å². The quantitative estimate of drug-likeness (QED) is 0.511. The molecule has 1 aliphatic heterocycles. The third-order valence-electron chi connectivity index (χ3n) is 3.50. The van der Waals surface area contributed by atoms with Crippen LogP contribution in [-0.2, 0) is 4.79 Å². The number of Topliss-reactive ketones (excluding diaryl/α,β-unsaturated/α-hetero) is 1. The van der Waals surface area contributed by atoms with E-state index in [1.54, 1.807) is 0 Å². The van der Waals surface area contributed by atoms with E-state index in [1.165, 1.54) is 0 Å². The van der Waals surface area contributed by atoms with E-state index >= 15 is 0 Å². The highest BCUT2D eigenvalue weighted by molar-refractivity contribution is 5.81. The molecule has 1 rings (SSSR count). The number of hydrogen-bond donors (Lipinski definition) is 4. The van der Waals surface area contributed by atoms with Gasteiger partial charge in [0.25, 0.3) is 0 Å². The zero-order valence-electron chi connectivity index (χ0n) is 11.6. The van der Waals surface area contributed by atoms with Gasteiger partial charge in [0.1, 0.15) is 11.6 Å². The average molecular weight is 242 g/mol. The summed E-state index contributed by atoms with van der Waals surface area (Å²) in [5.74, 6) is 0.280. The minimum absolute atomic E-state index is 0.266. The smallest absolute Gasteiger partial charge is 0.140 e. The molecule has 5 nitrogen and oxygen atoms in total. The zero-order valence-corrected chi connectivity index (χ0v) is 11.6. The molecule has 100 valence electrons. The van der Waals surface area contributed by atoms with Crippen molar-refractivity contribution in [1.29, 1.82) is 0 Å². The molecule has 1 atom stereocenters. The molecule has 0 radical (unpaired) electrons. The molecule has 0 aromatic carbocycles. The molecule has 5 heteroatoms. The summed E-state index contributed by atoms with van der Waals surface area (Å²) in [6.45, 7) is 4.33. The number of piperidine rings is 1. The fraction of sp³-hybridized carbons (Fsp3) is 0.917. The lowest BCUT2D eigenvalue weighted by atomic mass is 9.85.